The van der Waals surface area contributed by atoms with Crippen LogP contribution in [0.1, 0.15) is 11.1 Å². The van der Waals surface area contributed by atoms with Crippen molar-refractivity contribution >= 4 is 22.7 Å². The van der Waals surface area contributed by atoms with Crippen molar-refractivity contribution in [2.24, 2.45) is 0 Å². The van der Waals surface area contributed by atoms with Crippen LogP contribution in [0.15, 0.2) is 40.8 Å². The van der Waals surface area contributed by atoms with Gasteiger partial charge in [-0.1, -0.05) is 12.1 Å². The lowest BCUT2D eigenvalue weighted by atomic mass is 10.1. The van der Waals surface area contributed by atoms with Crippen molar-refractivity contribution in [3.05, 3.63) is 47.5 Å². The number of hydrogen-bond donors (Lipinski definition) is 1. The number of alkyl halides is 3. The molecule has 3 rings (SSSR count). The average molecular weight is 334 g/mol. The van der Waals surface area contributed by atoms with Gasteiger partial charge in [-0.25, -0.2) is 4.98 Å². The van der Waals surface area contributed by atoms with Crippen molar-refractivity contribution < 1.29 is 22.4 Å². The summed E-state index contributed by atoms with van der Waals surface area (Å²) < 4.78 is 42.7. The van der Waals surface area contributed by atoms with E-state index in [4.69, 9.17) is 4.42 Å². The largest absolute Gasteiger partial charge is 0.471 e. The summed E-state index contributed by atoms with van der Waals surface area (Å²) in [5, 5.41) is 1.81. The molecule has 0 aliphatic rings. The van der Waals surface area contributed by atoms with E-state index in [-0.39, 0.29) is 11.6 Å². The monoisotopic (exact) mass is 334 g/mol. The molecule has 4 nitrogen and oxygen atoms in total. The lowest BCUT2D eigenvalue weighted by Crippen LogP contribution is -2.29. The van der Waals surface area contributed by atoms with Gasteiger partial charge in [0, 0.05) is 11.3 Å². The number of benzene rings is 2. The van der Waals surface area contributed by atoms with Crippen molar-refractivity contribution in [1.82, 2.24) is 4.98 Å². The quantitative estimate of drug-likeness (QED) is 0.744. The molecule has 3 aromatic rings. The van der Waals surface area contributed by atoms with Gasteiger partial charge in [-0.15, -0.1) is 0 Å². The van der Waals surface area contributed by atoms with Gasteiger partial charge >= 0.3 is 12.1 Å². The fraction of sp³-hybridized carbons (Fsp3) is 0.176. The Kier molecular flexibility index (Phi) is 3.79. The zero-order valence-corrected chi connectivity index (χ0v) is 12.9. The Morgan fingerprint density at radius 2 is 1.92 bits per heavy atom. The predicted molar refractivity (Wildman–Crippen MR) is 83.6 cm³/mol. The van der Waals surface area contributed by atoms with Gasteiger partial charge in [-0.3, -0.25) is 4.79 Å². The highest BCUT2D eigenvalue weighted by Crippen LogP contribution is 2.29. The van der Waals surface area contributed by atoms with Crippen LogP contribution >= 0.6 is 0 Å². The predicted octanol–water partition coefficient (Wildman–Crippen LogP) is 4.61. The topological polar surface area (TPSA) is 55.1 Å². The zero-order chi connectivity index (χ0) is 17.5. The third-order valence-electron chi connectivity index (χ3n) is 3.44. The summed E-state index contributed by atoms with van der Waals surface area (Å²) in [5.41, 5.74) is 3.75. The second-order valence-electron chi connectivity index (χ2n) is 5.48. The molecule has 124 valence electrons. The van der Waals surface area contributed by atoms with Crippen LogP contribution in [-0.2, 0) is 4.79 Å². The van der Waals surface area contributed by atoms with E-state index in [1.54, 1.807) is 6.07 Å². The number of oxazole rings is 1. The molecule has 0 radical (unpaired) electrons. The average Bonchev–Trinajstić information content (AvgIpc) is 2.91. The van der Waals surface area contributed by atoms with E-state index >= 15 is 0 Å². The summed E-state index contributed by atoms with van der Waals surface area (Å²) in [4.78, 5) is 15.4. The Morgan fingerprint density at radius 3 is 2.62 bits per heavy atom. The second-order valence-corrected chi connectivity index (χ2v) is 5.48. The number of carbonyl (C=O) groups excluding carboxylic acids is 1. The number of anilines is 1. The van der Waals surface area contributed by atoms with E-state index in [0.717, 1.165) is 11.1 Å². The minimum Gasteiger partial charge on any atom is -0.436 e. The summed E-state index contributed by atoms with van der Waals surface area (Å²) in [6.45, 7) is 3.83. The molecule has 0 fully saturated rings. The molecule has 2 aromatic carbocycles. The molecule has 0 atom stereocenters. The normalized spacial score (nSPS) is 11.7. The van der Waals surface area contributed by atoms with E-state index in [2.05, 4.69) is 4.98 Å². The molecule has 0 spiro atoms. The van der Waals surface area contributed by atoms with Crippen LogP contribution in [-0.4, -0.2) is 17.1 Å². The highest BCUT2D eigenvalue weighted by atomic mass is 19.4. The number of aryl methyl sites for hydroxylation is 2. The van der Waals surface area contributed by atoms with Crippen LogP contribution in [0.2, 0.25) is 0 Å². The van der Waals surface area contributed by atoms with Gasteiger partial charge in [0.05, 0.1) is 0 Å². The van der Waals surface area contributed by atoms with E-state index < -0.39 is 12.1 Å². The molecule has 0 aliphatic heterocycles. The van der Waals surface area contributed by atoms with E-state index in [0.29, 0.717) is 16.7 Å². The molecule has 0 bridgehead atoms. The van der Waals surface area contributed by atoms with Crippen LogP contribution in [0, 0.1) is 13.8 Å². The smallest absolute Gasteiger partial charge is 0.436 e. The second kappa shape index (κ2) is 5.67. The van der Waals surface area contributed by atoms with Gasteiger partial charge in [0.2, 0.25) is 5.89 Å². The Bertz CT molecular complexity index is 929. The summed E-state index contributed by atoms with van der Waals surface area (Å²) in [5.74, 6) is -1.74. The van der Waals surface area contributed by atoms with Crippen LogP contribution in [0.4, 0.5) is 18.9 Å². The van der Waals surface area contributed by atoms with Crippen molar-refractivity contribution in [3.8, 4) is 11.5 Å². The Hall–Kier alpha value is -2.83. The number of hydrogen-bond acceptors (Lipinski definition) is 3. The Balaban J connectivity index is 1.97. The van der Waals surface area contributed by atoms with Crippen molar-refractivity contribution in [3.63, 3.8) is 0 Å². The first-order chi connectivity index (χ1) is 11.2. The van der Waals surface area contributed by atoms with E-state index in [9.17, 15) is 18.0 Å². The highest BCUT2D eigenvalue weighted by molar-refractivity contribution is 5.95. The maximum Gasteiger partial charge on any atom is 0.471 e. The molecule has 0 aliphatic carbocycles. The number of halogens is 3. The van der Waals surface area contributed by atoms with E-state index in [1.165, 1.54) is 18.2 Å². The summed E-state index contributed by atoms with van der Waals surface area (Å²) in [6.07, 6.45) is -4.94. The minimum atomic E-state index is -4.94. The lowest BCUT2D eigenvalue weighted by molar-refractivity contribution is -0.167. The number of rotatable bonds is 2. The van der Waals surface area contributed by atoms with Crippen LogP contribution in [0.5, 0.6) is 0 Å². The maximum absolute atomic E-state index is 12.3. The number of nitrogens with one attached hydrogen (secondary N) is 1. The van der Waals surface area contributed by atoms with Crippen molar-refractivity contribution in [2.45, 2.75) is 20.0 Å². The van der Waals surface area contributed by atoms with Crippen molar-refractivity contribution in [2.75, 3.05) is 5.32 Å². The SMILES string of the molecule is Cc1cc(C)c2oc(-c3cccc(NC(=O)C(F)(F)F)c3)nc2c1. The van der Waals surface area contributed by atoms with Gasteiger partial charge in [-0.05, 0) is 49.2 Å². The summed E-state index contributed by atoms with van der Waals surface area (Å²) >= 11 is 0. The molecule has 0 saturated carbocycles. The van der Waals surface area contributed by atoms with E-state index in [1.807, 2.05) is 31.3 Å². The van der Waals surface area contributed by atoms with Gasteiger partial charge in [-0.2, -0.15) is 13.2 Å². The van der Waals surface area contributed by atoms with Gasteiger partial charge < -0.3 is 9.73 Å². The molecule has 0 saturated heterocycles. The Morgan fingerprint density at radius 1 is 1.17 bits per heavy atom. The summed E-state index contributed by atoms with van der Waals surface area (Å²) in [7, 11) is 0. The molecule has 1 aromatic heterocycles. The fourth-order valence-corrected chi connectivity index (χ4v) is 2.43. The highest BCUT2D eigenvalue weighted by Gasteiger charge is 2.38. The molecular formula is C17H13F3N2O2. The standard InChI is InChI=1S/C17H13F3N2O2/c1-9-6-10(2)14-13(7-9)22-15(24-14)11-4-3-5-12(8-11)21-16(23)17(18,19)20/h3-8H,1-2H3,(H,21,23). The first-order valence-electron chi connectivity index (χ1n) is 7.10. The van der Waals surface area contributed by atoms with Gasteiger partial charge in [0.25, 0.3) is 0 Å². The van der Waals surface area contributed by atoms with Gasteiger partial charge in [0.1, 0.15) is 5.52 Å². The molecule has 0 unspecified atom stereocenters. The van der Waals surface area contributed by atoms with Crippen molar-refractivity contribution in [1.29, 1.82) is 0 Å². The number of nitrogens with zero attached hydrogens (tertiary/aromatic N) is 1. The first kappa shape index (κ1) is 16.0. The molecule has 1 amide bonds. The third kappa shape index (κ3) is 3.10. The number of fused-ring (bicyclic) bond motifs is 1. The fourth-order valence-electron chi connectivity index (χ4n) is 2.43. The summed E-state index contributed by atoms with van der Waals surface area (Å²) in [6, 6.07) is 9.74. The van der Waals surface area contributed by atoms with Crippen LogP contribution in [0.25, 0.3) is 22.6 Å². The number of carbonyl (C=O) groups is 1. The molecule has 7 heteroatoms. The maximum atomic E-state index is 12.3. The van der Waals surface area contributed by atoms with Gasteiger partial charge in [0.15, 0.2) is 5.58 Å². The molecule has 1 N–H and O–H groups in total. The molecule has 1 heterocycles. The van der Waals surface area contributed by atoms with Crippen LogP contribution < -0.4 is 5.32 Å². The molecule has 24 heavy (non-hydrogen) atoms. The minimum absolute atomic E-state index is 0.0185. The van der Waals surface area contributed by atoms with Crippen LogP contribution in [0.3, 0.4) is 0 Å². The lowest BCUT2D eigenvalue weighted by Gasteiger charge is -2.08. The molecular weight excluding hydrogens is 321 g/mol. The number of aromatic nitrogens is 1. The Labute approximate surface area is 135 Å². The number of amides is 1. The first-order valence-corrected chi connectivity index (χ1v) is 7.10. The zero-order valence-electron chi connectivity index (χ0n) is 12.9. The third-order valence-corrected chi connectivity index (χ3v) is 3.44.